The lowest BCUT2D eigenvalue weighted by Crippen LogP contribution is -2.26. The smallest absolute Gasteiger partial charge is 0.220 e. The number of rotatable bonds is 7. The molecule has 0 aromatic heterocycles. The highest BCUT2D eigenvalue weighted by atomic mass is 16.5. The highest BCUT2D eigenvalue weighted by molar-refractivity contribution is 5.76. The fraction of sp³-hybridized carbons (Fsp3) is 0.933. The van der Waals surface area contributed by atoms with Crippen LogP contribution in [0.1, 0.15) is 64.2 Å². The Labute approximate surface area is 111 Å². The molecule has 2 fully saturated rings. The third-order valence-electron chi connectivity index (χ3n) is 4.25. The molecule has 104 valence electrons. The summed E-state index contributed by atoms with van der Waals surface area (Å²) in [7, 11) is 0. The van der Waals surface area contributed by atoms with Crippen LogP contribution in [-0.2, 0) is 9.53 Å². The van der Waals surface area contributed by atoms with E-state index in [1.165, 1.54) is 51.4 Å². The molecule has 1 saturated heterocycles. The molecule has 1 N–H and O–H groups in total. The molecular weight excluding hydrogens is 226 g/mol. The van der Waals surface area contributed by atoms with E-state index in [-0.39, 0.29) is 5.91 Å². The van der Waals surface area contributed by atoms with Gasteiger partial charge in [0, 0.05) is 19.6 Å². The van der Waals surface area contributed by atoms with Gasteiger partial charge in [-0.1, -0.05) is 12.8 Å². The van der Waals surface area contributed by atoms with Crippen LogP contribution in [0.25, 0.3) is 0 Å². The van der Waals surface area contributed by atoms with Gasteiger partial charge in [-0.15, -0.1) is 0 Å². The molecule has 1 aliphatic carbocycles. The SMILES string of the molecule is O=C(CC1CCCC1)NCCCC[C@@H]1CCCO1. The molecule has 0 bridgehead atoms. The van der Waals surface area contributed by atoms with E-state index in [1.807, 2.05) is 0 Å². The summed E-state index contributed by atoms with van der Waals surface area (Å²) in [4.78, 5) is 11.7. The minimum absolute atomic E-state index is 0.263. The van der Waals surface area contributed by atoms with Crippen molar-refractivity contribution in [2.24, 2.45) is 5.92 Å². The standard InChI is InChI=1S/C15H27NO2/c17-15(12-13-6-1-2-7-13)16-10-4-3-8-14-9-5-11-18-14/h13-14H,1-12H2,(H,16,17)/t14-/m1/s1. The van der Waals surface area contributed by atoms with Gasteiger partial charge in [0.2, 0.25) is 5.91 Å². The van der Waals surface area contributed by atoms with Crippen LogP contribution >= 0.6 is 0 Å². The van der Waals surface area contributed by atoms with Gasteiger partial charge in [0.15, 0.2) is 0 Å². The summed E-state index contributed by atoms with van der Waals surface area (Å²) >= 11 is 0. The highest BCUT2D eigenvalue weighted by Gasteiger charge is 2.18. The zero-order valence-electron chi connectivity index (χ0n) is 11.5. The van der Waals surface area contributed by atoms with Crippen LogP contribution in [0, 0.1) is 5.92 Å². The Bertz CT molecular complexity index is 243. The van der Waals surface area contributed by atoms with E-state index in [1.54, 1.807) is 0 Å². The molecule has 0 radical (unpaired) electrons. The average molecular weight is 253 g/mol. The van der Waals surface area contributed by atoms with Crippen molar-refractivity contribution in [1.82, 2.24) is 5.32 Å². The predicted octanol–water partition coefficient (Wildman–Crippen LogP) is 3.03. The van der Waals surface area contributed by atoms with Gasteiger partial charge in [-0.05, 0) is 50.9 Å². The molecule has 1 amide bonds. The molecular formula is C15H27NO2. The maximum absolute atomic E-state index is 11.7. The van der Waals surface area contributed by atoms with Crippen molar-refractivity contribution in [1.29, 1.82) is 0 Å². The Kier molecular flexibility index (Phi) is 5.98. The van der Waals surface area contributed by atoms with Crippen molar-refractivity contribution < 1.29 is 9.53 Å². The third kappa shape index (κ3) is 4.97. The minimum atomic E-state index is 0.263. The van der Waals surface area contributed by atoms with Crippen LogP contribution in [0.3, 0.4) is 0 Å². The fourth-order valence-corrected chi connectivity index (χ4v) is 3.15. The second-order valence-corrected chi connectivity index (χ2v) is 5.84. The highest BCUT2D eigenvalue weighted by Crippen LogP contribution is 2.27. The van der Waals surface area contributed by atoms with E-state index in [4.69, 9.17) is 4.74 Å². The Morgan fingerprint density at radius 3 is 2.67 bits per heavy atom. The number of unbranched alkanes of at least 4 members (excludes halogenated alkanes) is 1. The molecule has 0 spiro atoms. The van der Waals surface area contributed by atoms with Crippen molar-refractivity contribution in [2.45, 2.75) is 70.3 Å². The Hall–Kier alpha value is -0.570. The van der Waals surface area contributed by atoms with Crippen molar-refractivity contribution >= 4 is 5.91 Å². The molecule has 1 atom stereocenters. The molecule has 2 rings (SSSR count). The number of amides is 1. The summed E-state index contributed by atoms with van der Waals surface area (Å²) in [6.45, 7) is 1.79. The predicted molar refractivity (Wildman–Crippen MR) is 72.4 cm³/mol. The van der Waals surface area contributed by atoms with Gasteiger partial charge in [0.25, 0.3) is 0 Å². The van der Waals surface area contributed by atoms with Gasteiger partial charge in [0.1, 0.15) is 0 Å². The molecule has 2 aliphatic rings. The van der Waals surface area contributed by atoms with Crippen LogP contribution in [0.4, 0.5) is 0 Å². The van der Waals surface area contributed by atoms with E-state index in [0.29, 0.717) is 12.0 Å². The molecule has 18 heavy (non-hydrogen) atoms. The lowest BCUT2D eigenvalue weighted by Gasteiger charge is -2.11. The summed E-state index contributed by atoms with van der Waals surface area (Å²) in [6, 6.07) is 0. The molecule has 0 aromatic carbocycles. The van der Waals surface area contributed by atoms with Crippen LogP contribution in [0.5, 0.6) is 0 Å². The maximum atomic E-state index is 11.7. The van der Waals surface area contributed by atoms with Crippen LogP contribution < -0.4 is 5.32 Å². The van der Waals surface area contributed by atoms with Gasteiger partial charge >= 0.3 is 0 Å². The molecule has 3 nitrogen and oxygen atoms in total. The topological polar surface area (TPSA) is 38.3 Å². The molecule has 0 aromatic rings. The van der Waals surface area contributed by atoms with E-state index in [9.17, 15) is 4.79 Å². The largest absolute Gasteiger partial charge is 0.378 e. The first-order chi connectivity index (χ1) is 8.84. The monoisotopic (exact) mass is 253 g/mol. The van der Waals surface area contributed by atoms with Crippen LogP contribution in [0.2, 0.25) is 0 Å². The van der Waals surface area contributed by atoms with Crippen molar-refractivity contribution in [3.63, 3.8) is 0 Å². The first-order valence-corrected chi connectivity index (χ1v) is 7.73. The zero-order valence-corrected chi connectivity index (χ0v) is 11.5. The van der Waals surface area contributed by atoms with E-state index >= 15 is 0 Å². The Balaban J connectivity index is 1.43. The van der Waals surface area contributed by atoms with Gasteiger partial charge in [-0.2, -0.15) is 0 Å². The van der Waals surface area contributed by atoms with Crippen molar-refractivity contribution in [2.75, 3.05) is 13.2 Å². The zero-order chi connectivity index (χ0) is 12.6. The Morgan fingerprint density at radius 1 is 1.11 bits per heavy atom. The van der Waals surface area contributed by atoms with E-state index in [0.717, 1.165) is 26.0 Å². The fourth-order valence-electron chi connectivity index (χ4n) is 3.15. The van der Waals surface area contributed by atoms with Crippen LogP contribution in [0.15, 0.2) is 0 Å². The quantitative estimate of drug-likeness (QED) is 0.708. The first-order valence-electron chi connectivity index (χ1n) is 7.73. The summed E-state index contributed by atoms with van der Waals surface area (Å²) in [5, 5.41) is 3.06. The molecule has 3 heteroatoms. The maximum Gasteiger partial charge on any atom is 0.220 e. The van der Waals surface area contributed by atoms with Gasteiger partial charge in [-0.25, -0.2) is 0 Å². The van der Waals surface area contributed by atoms with Crippen molar-refractivity contribution in [3.8, 4) is 0 Å². The molecule has 0 unspecified atom stereocenters. The number of hydrogen-bond acceptors (Lipinski definition) is 2. The van der Waals surface area contributed by atoms with Gasteiger partial charge in [0.05, 0.1) is 6.10 Å². The third-order valence-corrected chi connectivity index (χ3v) is 4.25. The first kappa shape index (κ1) is 13.9. The second kappa shape index (κ2) is 7.78. The molecule has 1 aliphatic heterocycles. The number of carbonyl (C=O) groups excluding carboxylic acids is 1. The summed E-state index contributed by atoms with van der Waals surface area (Å²) in [5.74, 6) is 0.927. The van der Waals surface area contributed by atoms with Crippen LogP contribution in [-0.4, -0.2) is 25.2 Å². The Morgan fingerprint density at radius 2 is 1.94 bits per heavy atom. The lowest BCUT2D eigenvalue weighted by molar-refractivity contribution is -0.121. The van der Waals surface area contributed by atoms with E-state index in [2.05, 4.69) is 5.32 Å². The number of hydrogen-bond donors (Lipinski definition) is 1. The minimum Gasteiger partial charge on any atom is -0.378 e. The van der Waals surface area contributed by atoms with E-state index < -0.39 is 0 Å². The normalized spacial score (nSPS) is 24.6. The lowest BCUT2D eigenvalue weighted by atomic mass is 10.0. The number of carbonyl (C=O) groups is 1. The number of nitrogens with one attached hydrogen (secondary N) is 1. The second-order valence-electron chi connectivity index (χ2n) is 5.84. The summed E-state index contributed by atoms with van der Waals surface area (Å²) < 4.78 is 5.58. The van der Waals surface area contributed by atoms with Gasteiger partial charge < -0.3 is 10.1 Å². The average Bonchev–Trinajstić information content (AvgIpc) is 3.01. The summed E-state index contributed by atoms with van der Waals surface area (Å²) in [5.41, 5.74) is 0. The number of ether oxygens (including phenoxy) is 1. The van der Waals surface area contributed by atoms with Gasteiger partial charge in [-0.3, -0.25) is 4.79 Å². The molecule has 1 saturated carbocycles. The van der Waals surface area contributed by atoms with Crippen molar-refractivity contribution in [3.05, 3.63) is 0 Å². The summed E-state index contributed by atoms with van der Waals surface area (Å²) in [6.07, 6.45) is 12.3. The molecule has 1 heterocycles.